The van der Waals surface area contributed by atoms with Crippen LogP contribution in [0.15, 0.2) is 0 Å². The Hall–Kier alpha value is -1.63. The van der Waals surface area contributed by atoms with E-state index in [2.05, 4.69) is 15.1 Å². The Balaban J connectivity index is 1.29. The van der Waals surface area contributed by atoms with Gasteiger partial charge in [-0.3, -0.25) is 10.00 Å². The molecule has 3 heterocycles. The van der Waals surface area contributed by atoms with Gasteiger partial charge in [0.05, 0.1) is 0 Å². The maximum Gasteiger partial charge on any atom is 0.410 e. The van der Waals surface area contributed by atoms with E-state index in [9.17, 15) is 4.79 Å². The van der Waals surface area contributed by atoms with Gasteiger partial charge in [-0.1, -0.05) is 6.42 Å². The smallest absolute Gasteiger partial charge is 0.410 e. The van der Waals surface area contributed by atoms with Crippen LogP contribution in [-0.2, 0) is 4.74 Å². The Bertz CT molecular complexity index is 671. The average molecular weight is 390 g/mol. The van der Waals surface area contributed by atoms with Crippen LogP contribution in [0.1, 0.15) is 89.2 Å². The number of nitrogens with one attached hydrogen (secondary N) is 1. The van der Waals surface area contributed by atoms with Crippen LogP contribution in [0.4, 0.5) is 4.79 Å². The lowest BCUT2D eigenvalue weighted by Gasteiger charge is -2.42. The average Bonchev–Trinajstić information content (AvgIpc) is 3.08. The fourth-order valence-corrected chi connectivity index (χ4v) is 4.62. The van der Waals surface area contributed by atoms with E-state index >= 15 is 0 Å². The summed E-state index contributed by atoms with van der Waals surface area (Å²) in [7, 11) is 0. The summed E-state index contributed by atoms with van der Waals surface area (Å²) >= 11 is 0. The van der Waals surface area contributed by atoms with Gasteiger partial charge in [0.15, 0.2) is 5.82 Å². The summed E-state index contributed by atoms with van der Waals surface area (Å²) in [6, 6.07) is 0.551. The number of aromatic amines is 1. The highest BCUT2D eigenvalue weighted by atomic mass is 16.6. The Morgan fingerprint density at radius 3 is 2.39 bits per heavy atom. The number of likely N-dealkylation sites (tertiary alicyclic amines) is 2. The van der Waals surface area contributed by atoms with Gasteiger partial charge in [-0.2, -0.15) is 5.10 Å². The molecule has 7 nitrogen and oxygen atoms in total. The molecule has 1 N–H and O–H groups in total. The lowest BCUT2D eigenvalue weighted by atomic mass is 9.85. The number of ether oxygens (including phenoxy) is 1. The van der Waals surface area contributed by atoms with Crippen molar-refractivity contribution in [1.29, 1.82) is 0 Å². The third-order valence-corrected chi connectivity index (χ3v) is 6.46. The number of hydrogen-bond acceptors (Lipinski definition) is 5. The minimum Gasteiger partial charge on any atom is -0.444 e. The maximum absolute atomic E-state index is 12.3. The van der Waals surface area contributed by atoms with Crippen molar-refractivity contribution in [1.82, 2.24) is 25.0 Å². The molecule has 1 amide bonds. The first-order valence-electron chi connectivity index (χ1n) is 11.0. The molecule has 1 aliphatic carbocycles. The van der Waals surface area contributed by atoms with E-state index in [1.807, 2.05) is 25.7 Å². The molecule has 0 radical (unpaired) electrons. The molecule has 1 aromatic rings. The summed E-state index contributed by atoms with van der Waals surface area (Å²) in [5.74, 6) is 3.16. The van der Waals surface area contributed by atoms with Crippen LogP contribution >= 0.6 is 0 Å². The monoisotopic (exact) mass is 389 g/mol. The number of rotatable bonds is 3. The number of aromatic nitrogens is 3. The van der Waals surface area contributed by atoms with Gasteiger partial charge >= 0.3 is 6.09 Å². The summed E-state index contributed by atoms with van der Waals surface area (Å²) in [4.78, 5) is 21.6. The quantitative estimate of drug-likeness (QED) is 0.854. The first-order chi connectivity index (χ1) is 13.4. The highest BCUT2D eigenvalue weighted by Crippen LogP contribution is 2.35. The van der Waals surface area contributed by atoms with Gasteiger partial charge in [-0.15, -0.1) is 0 Å². The predicted molar refractivity (Wildman–Crippen MR) is 107 cm³/mol. The summed E-state index contributed by atoms with van der Waals surface area (Å²) in [6.45, 7) is 9.54. The van der Waals surface area contributed by atoms with Gasteiger partial charge in [0, 0.05) is 37.5 Å². The highest BCUT2D eigenvalue weighted by molar-refractivity contribution is 5.68. The van der Waals surface area contributed by atoms with Crippen molar-refractivity contribution >= 4 is 6.09 Å². The van der Waals surface area contributed by atoms with Crippen LogP contribution in [0.5, 0.6) is 0 Å². The Labute approximate surface area is 168 Å². The van der Waals surface area contributed by atoms with Gasteiger partial charge in [-0.25, -0.2) is 9.78 Å². The fraction of sp³-hybridized carbons (Fsp3) is 0.857. The second-order valence-corrected chi connectivity index (χ2v) is 9.74. The van der Waals surface area contributed by atoms with Crippen LogP contribution in [0.25, 0.3) is 0 Å². The lowest BCUT2D eigenvalue weighted by Crippen LogP contribution is -2.50. The topological polar surface area (TPSA) is 74.3 Å². The molecular formula is C21H35N5O2. The number of nitrogens with zero attached hydrogens (tertiary/aromatic N) is 4. The third-order valence-electron chi connectivity index (χ3n) is 6.46. The number of H-pyrrole nitrogens is 1. The maximum atomic E-state index is 12.3. The first-order valence-corrected chi connectivity index (χ1v) is 11.0. The first kappa shape index (κ1) is 19.7. The highest BCUT2D eigenvalue weighted by Gasteiger charge is 2.33. The zero-order chi connectivity index (χ0) is 19.7. The number of hydrogen-bond donors (Lipinski definition) is 1. The molecule has 2 aliphatic heterocycles. The van der Waals surface area contributed by atoms with Crippen LogP contribution in [-0.4, -0.2) is 68.9 Å². The summed E-state index contributed by atoms with van der Waals surface area (Å²) in [5.41, 5.74) is -0.427. The molecule has 7 heteroatoms. The van der Waals surface area contributed by atoms with Crippen molar-refractivity contribution < 1.29 is 9.53 Å². The molecule has 4 rings (SSSR count). The van der Waals surface area contributed by atoms with Crippen LogP contribution in [0, 0.1) is 0 Å². The molecule has 0 bridgehead atoms. The van der Waals surface area contributed by atoms with Gasteiger partial charge in [-0.05, 0) is 65.8 Å². The minimum absolute atomic E-state index is 0.173. The van der Waals surface area contributed by atoms with Crippen LogP contribution < -0.4 is 0 Å². The fourth-order valence-electron chi connectivity index (χ4n) is 4.62. The van der Waals surface area contributed by atoms with Gasteiger partial charge < -0.3 is 9.64 Å². The molecule has 3 aliphatic rings. The van der Waals surface area contributed by atoms with Crippen molar-refractivity contribution in [3.05, 3.63) is 11.6 Å². The summed E-state index contributed by atoms with van der Waals surface area (Å²) in [5, 5.41) is 7.73. The van der Waals surface area contributed by atoms with Crippen molar-refractivity contribution in [3.63, 3.8) is 0 Å². The zero-order valence-electron chi connectivity index (χ0n) is 17.6. The molecular weight excluding hydrogens is 354 g/mol. The van der Waals surface area contributed by atoms with E-state index < -0.39 is 5.60 Å². The summed E-state index contributed by atoms with van der Waals surface area (Å²) in [6.07, 6.45) is 8.06. The van der Waals surface area contributed by atoms with Gasteiger partial charge in [0.1, 0.15) is 11.4 Å². The van der Waals surface area contributed by atoms with Crippen molar-refractivity contribution in [2.75, 3.05) is 26.2 Å². The van der Waals surface area contributed by atoms with Gasteiger partial charge in [0.2, 0.25) is 0 Å². The number of carbonyl (C=O) groups excluding carboxylic acids is 1. The molecule has 156 valence electrons. The minimum atomic E-state index is -0.427. The Morgan fingerprint density at radius 1 is 1.04 bits per heavy atom. The molecule has 1 aromatic heterocycles. The third kappa shape index (κ3) is 4.50. The molecule has 3 fully saturated rings. The van der Waals surface area contributed by atoms with E-state index in [4.69, 9.17) is 9.72 Å². The predicted octanol–water partition coefficient (Wildman–Crippen LogP) is 3.65. The molecule has 1 unspecified atom stereocenters. The molecule has 1 saturated carbocycles. The largest absolute Gasteiger partial charge is 0.444 e. The zero-order valence-corrected chi connectivity index (χ0v) is 17.6. The second kappa shape index (κ2) is 8.01. The standard InChI is InChI=1S/C21H35N5O2/c1-21(2,3)28-20(27)25-12-9-17(10-13-25)26-11-5-8-16(14-26)19-22-18(23-24-19)15-6-4-7-15/h15-17H,4-14H2,1-3H3,(H,22,23,24). The number of amides is 1. The van der Waals surface area contributed by atoms with E-state index in [1.54, 1.807) is 0 Å². The number of carbonyl (C=O) groups is 1. The SMILES string of the molecule is CC(C)(C)OC(=O)N1CCC(N2CCCC(c3nc(C4CCC4)n[nH]3)C2)CC1. The molecule has 0 spiro atoms. The Morgan fingerprint density at radius 2 is 1.75 bits per heavy atom. The van der Waals surface area contributed by atoms with Gasteiger partial charge in [0.25, 0.3) is 0 Å². The molecule has 2 saturated heterocycles. The normalized spacial score (nSPS) is 25.5. The van der Waals surface area contributed by atoms with E-state index in [0.717, 1.165) is 50.7 Å². The lowest BCUT2D eigenvalue weighted by molar-refractivity contribution is 0.0123. The van der Waals surface area contributed by atoms with Crippen molar-refractivity contribution in [3.8, 4) is 0 Å². The second-order valence-electron chi connectivity index (χ2n) is 9.74. The Kier molecular flexibility index (Phi) is 5.63. The summed E-state index contributed by atoms with van der Waals surface area (Å²) < 4.78 is 5.52. The molecule has 0 aromatic carbocycles. The van der Waals surface area contributed by atoms with Crippen LogP contribution in [0.3, 0.4) is 0 Å². The van der Waals surface area contributed by atoms with Crippen molar-refractivity contribution in [2.45, 2.75) is 89.2 Å². The van der Waals surface area contributed by atoms with E-state index in [1.165, 1.54) is 32.1 Å². The molecule has 1 atom stereocenters. The van der Waals surface area contributed by atoms with E-state index in [-0.39, 0.29) is 6.09 Å². The molecule has 28 heavy (non-hydrogen) atoms. The van der Waals surface area contributed by atoms with Crippen molar-refractivity contribution in [2.24, 2.45) is 0 Å². The van der Waals surface area contributed by atoms with E-state index in [0.29, 0.717) is 17.9 Å². The van der Waals surface area contributed by atoms with Crippen LogP contribution in [0.2, 0.25) is 0 Å². The number of piperidine rings is 2.